The number of nitrogens with zero attached hydrogens (tertiary/aromatic N) is 1. The highest BCUT2D eigenvalue weighted by Gasteiger charge is 2.33. The van der Waals surface area contributed by atoms with Crippen LogP contribution in [0.4, 0.5) is 10.7 Å². The van der Waals surface area contributed by atoms with Crippen LogP contribution in [0.1, 0.15) is 39.8 Å². The quantitative estimate of drug-likeness (QED) is 0.702. The SMILES string of the molecule is COC(=O)c1c(N2CCC(C)(O)CC2)sc(C(N)=O)c1N. The van der Waals surface area contributed by atoms with E-state index < -0.39 is 17.5 Å². The third-order valence-electron chi connectivity index (χ3n) is 3.67. The number of carbonyl (C=O) groups excluding carboxylic acids is 2. The number of amides is 1. The van der Waals surface area contributed by atoms with Crippen LogP contribution in [0.3, 0.4) is 0 Å². The number of piperidine rings is 1. The van der Waals surface area contributed by atoms with Gasteiger partial charge in [-0.25, -0.2) is 4.79 Å². The van der Waals surface area contributed by atoms with Gasteiger partial charge in [0.15, 0.2) is 0 Å². The summed E-state index contributed by atoms with van der Waals surface area (Å²) in [5.41, 5.74) is 10.7. The minimum atomic E-state index is -0.711. The maximum atomic E-state index is 11.9. The molecule has 1 aromatic heterocycles. The zero-order valence-corrected chi connectivity index (χ0v) is 12.8. The third-order valence-corrected chi connectivity index (χ3v) is 4.95. The smallest absolute Gasteiger partial charge is 0.343 e. The number of nitrogen functional groups attached to an aromatic ring is 1. The molecule has 1 aromatic rings. The fourth-order valence-electron chi connectivity index (χ4n) is 2.33. The van der Waals surface area contributed by atoms with Crippen molar-refractivity contribution in [2.75, 3.05) is 30.8 Å². The number of hydrogen-bond donors (Lipinski definition) is 3. The van der Waals surface area contributed by atoms with E-state index in [0.29, 0.717) is 30.9 Å². The van der Waals surface area contributed by atoms with E-state index in [0.717, 1.165) is 11.3 Å². The normalized spacial score (nSPS) is 17.6. The molecule has 0 bridgehead atoms. The Morgan fingerprint density at radius 1 is 1.38 bits per heavy atom. The topological polar surface area (TPSA) is 119 Å². The largest absolute Gasteiger partial charge is 0.465 e. The Morgan fingerprint density at radius 2 is 1.95 bits per heavy atom. The van der Waals surface area contributed by atoms with Crippen molar-refractivity contribution in [3.05, 3.63) is 10.4 Å². The third kappa shape index (κ3) is 2.96. The van der Waals surface area contributed by atoms with E-state index in [1.165, 1.54) is 7.11 Å². The number of carbonyl (C=O) groups is 2. The first kappa shape index (κ1) is 15.6. The number of methoxy groups -OCH3 is 1. The Labute approximate surface area is 126 Å². The Hall–Kier alpha value is -1.80. The summed E-state index contributed by atoms with van der Waals surface area (Å²) in [7, 11) is 1.26. The highest BCUT2D eigenvalue weighted by Crippen LogP contribution is 2.40. The van der Waals surface area contributed by atoms with Gasteiger partial charge < -0.3 is 26.2 Å². The van der Waals surface area contributed by atoms with Gasteiger partial charge >= 0.3 is 5.97 Å². The monoisotopic (exact) mass is 313 g/mol. The molecule has 1 aliphatic heterocycles. The molecule has 1 saturated heterocycles. The first-order valence-corrected chi connectivity index (χ1v) is 7.36. The Morgan fingerprint density at radius 3 is 2.43 bits per heavy atom. The van der Waals surface area contributed by atoms with Gasteiger partial charge in [-0.3, -0.25) is 4.79 Å². The molecule has 0 aromatic carbocycles. The molecule has 8 heteroatoms. The molecule has 1 fully saturated rings. The van der Waals surface area contributed by atoms with Crippen LogP contribution < -0.4 is 16.4 Å². The average molecular weight is 313 g/mol. The van der Waals surface area contributed by atoms with Gasteiger partial charge in [0.2, 0.25) is 0 Å². The van der Waals surface area contributed by atoms with Crippen LogP contribution in [0.25, 0.3) is 0 Å². The van der Waals surface area contributed by atoms with Crippen LogP contribution in [0, 0.1) is 0 Å². The molecule has 0 radical (unpaired) electrons. The molecule has 0 aliphatic carbocycles. The standard InChI is InChI=1S/C13H19N3O4S/c1-13(19)3-5-16(6-4-13)11-7(12(18)20-2)8(14)9(21-11)10(15)17/h19H,3-6,14H2,1-2H3,(H2,15,17). The van der Waals surface area contributed by atoms with E-state index in [9.17, 15) is 14.7 Å². The molecule has 0 spiro atoms. The lowest BCUT2D eigenvalue weighted by Crippen LogP contribution is -2.42. The highest BCUT2D eigenvalue weighted by molar-refractivity contribution is 7.19. The number of esters is 1. The van der Waals surface area contributed by atoms with E-state index in [4.69, 9.17) is 16.2 Å². The van der Waals surface area contributed by atoms with Crippen molar-refractivity contribution in [1.82, 2.24) is 0 Å². The molecule has 1 amide bonds. The number of anilines is 2. The number of hydrogen-bond acceptors (Lipinski definition) is 7. The van der Waals surface area contributed by atoms with Crippen LogP contribution in [-0.2, 0) is 4.74 Å². The zero-order chi connectivity index (χ0) is 15.8. The van der Waals surface area contributed by atoms with Crippen molar-refractivity contribution >= 4 is 33.9 Å². The molecule has 2 heterocycles. The van der Waals surface area contributed by atoms with Crippen molar-refractivity contribution in [1.29, 1.82) is 0 Å². The molecular formula is C13H19N3O4S. The summed E-state index contributed by atoms with van der Waals surface area (Å²) in [4.78, 5) is 25.4. The molecule has 2 rings (SSSR count). The van der Waals surface area contributed by atoms with Crippen molar-refractivity contribution in [3.8, 4) is 0 Å². The van der Waals surface area contributed by atoms with Crippen LogP contribution in [0.2, 0.25) is 0 Å². The second kappa shape index (κ2) is 5.53. The van der Waals surface area contributed by atoms with Gasteiger partial charge in [0.05, 0.1) is 18.4 Å². The van der Waals surface area contributed by atoms with Crippen molar-refractivity contribution < 1.29 is 19.4 Å². The number of nitrogens with two attached hydrogens (primary N) is 2. The number of primary amides is 1. The van der Waals surface area contributed by atoms with Gasteiger partial charge in [-0.2, -0.15) is 0 Å². The summed E-state index contributed by atoms with van der Waals surface area (Å²) in [5, 5.41) is 10.6. The number of thiophene rings is 1. The minimum absolute atomic E-state index is 0.0617. The molecule has 1 aliphatic rings. The maximum absolute atomic E-state index is 11.9. The number of rotatable bonds is 3. The average Bonchev–Trinajstić information content (AvgIpc) is 2.75. The molecule has 116 valence electrons. The van der Waals surface area contributed by atoms with Crippen LogP contribution in [0.5, 0.6) is 0 Å². The number of ether oxygens (including phenoxy) is 1. The Bertz CT molecular complexity index is 572. The first-order chi connectivity index (χ1) is 9.76. The molecule has 5 N–H and O–H groups in total. The van der Waals surface area contributed by atoms with Gasteiger partial charge in [-0.05, 0) is 19.8 Å². The lowest BCUT2D eigenvalue weighted by Gasteiger charge is -2.36. The molecule has 0 atom stereocenters. The summed E-state index contributed by atoms with van der Waals surface area (Å²) in [6.07, 6.45) is 1.13. The Balaban J connectivity index is 2.41. The van der Waals surface area contributed by atoms with E-state index in [1.54, 1.807) is 6.92 Å². The second-order valence-electron chi connectivity index (χ2n) is 5.36. The van der Waals surface area contributed by atoms with Crippen molar-refractivity contribution in [2.24, 2.45) is 5.73 Å². The summed E-state index contributed by atoms with van der Waals surface area (Å²) in [6.45, 7) is 2.91. The predicted octanol–water partition coefficient (Wildman–Crippen LogP) is 0.567. The van der Waals surface area contributed by atoms with Gasteiger partial charge in [-0.15, -0.1) is 11.3 Å². The molecular weight excluding hydrogens is 294 g/mol. The molecule has 7 nitrogen and oxygen atoms in total. The summed E-state index contributed by atoms with van der Waals surface area (Å²) < 4.78 is 4.74. The van der Waals surface area contributed by atoms with Crippen LogP contribution >= 0.6 is 11.3 Å². The number of aliphatic hydroxyl groups is 1. The zero-order valence-electron chi connectivity index (χ0n) is 12.0. The van der Waals surface area contributed by atoms with E-state index in [2.05, 4.69) is 0 Å². The minimum Gasteiger partial charge on any atom is -0.465 e. The molecule has 21 heavy (non-hydrogen) atoms. The fourth-order valence-corrected chi connectivity index (χ4v) is 3.44. The van der Waals surface area contributed by atoms with Gasteiger partial charge in [-0.1, -0.05) is 0 Å². The van der Waals surface area contributed by atoms with E-state index in [1.807, 2.05) is 4.90 Å². The second-order valence-corrected chi connectivity index (χ2v) is 6.36. The summed E-state index contributed by atoms with van der Waals surface area (Å²) in [5.74, 6) is -1.26. The van der Waals surface area contributed by atoms with Crippen molar-refractivity contribution in [3.63, 3.8) is 0 Å². The van der Waals surface area contributed by atoms with Gasteiger partial charge in [0.25, 0.3) is 5.91 Å². The highest BCUT2D eigenvalue weighted by atomic mass is 32.1. The summed E-state index contributed by atoms with van der Waals surface area (Å²) in [6, 6.07) is 0. The fraction of sp³-hybridized carbons (Fsp3) is 0.538. The van der Waals surface area contributed by atoms with E-state index >= 15 is 0 Å². The summed E-state index contributed by atoms with van der Waals surface area (Å²) >= 11 is 1.09. The lowest BCUT2D eigenvalue weighted by atomic mass is 9.94. The Kier molecular flexibility index (Phi) is 4.11. The van der Waals surface area contributed by atoms with Gasteiger partial charge in [0.1, 0.15) is 15.4 Å². The van der Waals surface area contributed by atoms with Crippen LogP contribution in [0.15, 0.2) is 0 Å². The van der Waals surface area contributed by atoms with Crippen molar-refractivity contribution in [2.45, 2.75) is 25.4 Å². The molecule has 0 unspecified atom stereocenters. The lowest BCUT2D eigenvalue weighted by molar-refractivity contribution is 0.0352. The molecule has 0 saturated carbocycles. The first-order valence-electron chi connectivity index (χ1n) is 6.54. The van der Waals surface area contributed by atoms with Gasteiger partial charge in [0, 0.05) is 13.1 Å². The maximum Gasteiger partial charge on any atom is 0.343 e. The van der Waals surface area contributed by atoms with Crippen LogP contribution in [-0.4, -0.2) is 42.8 Å². The van der Waals surface area contributed by atoms with E-state index in [-0.39, 0.29) is 16.1 Å². The predicted molar refractivity (Wildman–Crippen MR) is 80.7 cm³/mol.